The Labute approximate surface area is 115 Å². The molecule has 2 heterocycles. The average Bonchev–Trinajstić information content (AvgIpc) is 2.93. The van der Waals surface area contributed by atoms with Crippen LogP contribution in [0.4, 0.5) is 10.7 Å². The number of nitrogen functional groups attached to an aromatic ring is 1. The molecule has 5 N–H and O–H groups in total. The number of primary amides is 1. The van der Waals surface area contributed by atoms with Crippen LogP contribution >= 0.6 is 11.3 Å². The number of nitrogens with one attached hydrogen (secondary N) is 1. The highest BCUT2D eigenvalue weighted by molar-refractivity contribution is 7.19. The van der Waals surface area contributed by atoms with Crippen LogP contribution in [0, 0.1) is 5.92 Å². The lowest BCUT2D eigenvalue weighted by Gasteiger charge is -2.10. The molecule has 0 radical (unpaired) electrons. The smallest absolute Gasteiger partial charge is 0.253 e. The van der Waals surface area contributed by atoms with Crippen molar-refractivity contribution in [1.82, 2.24) is 0 Å². The summed E-state index contributed by atoms with van der Waals surface area (Å²) in [7, 11) is 0. The third-order valence-electron chi connectivity index (χ3n) is 3.09. The van der Waals surface area contributed by atoms with Gasteiger partial charge in [0, 0.05) is 26.0 Å². The molecule has 19 heavy (non-hydrogen) atoms. The van der Waals surface area contributed by atoms with E-state index >= 15 is 0 Å². The summed E-state index contributed by atoms with van der Waals surface area (Å²) < 4.78 is 5.28. The SMILES string of the molecule is CC(=O)c1sc(NCC2CCOC2)c(C(N)=O)c1N. The zero-order valence-electron chi connectivity index (χ0n) is 10.7. The summed E-state index contributed by atoms with van der Waals surface area (Å²) in [6.45, 7) is 3.57. The number of amides is 1. The van der Waals surface area contributed by atoms with Crippen molar-refractivity contribution >= 4 is 33.7 Å². The molecule has 1 atom stereocenters. The van der Waals surface area contributed by atoms with E-state index in [9.17, 15) is 9.59 Å². The van der Waals surface area contributed by atoms with Gasteiger partial charge in [-0.3, -0.25) is 9.59 Å². The van der Waals surface area contributed by atoms with Crippen LogP contribution in [0.1, 0.15) is 33.4 Å². The predicted octanol–water partition coefficient (Wildman–Crippen LogP) is 1.08. The summed E-state index contributed by atoms with van der Waals surface area (Å²) >= 11 is 1.18. The molecule has 104 valence electrons. The third-order valence-corrected chi connectivity index (χ3v) is 4.35. The molecule has 6 nitrogen and oxygen atoms in total. The van der Waals surface area contributed by atoms with Gasteiger partial charge in [-0.1, -0.05) is 0 Å². The number of thiophene rings is 1. The molecule has 0 aliphatic carbocycles. The Morgan fingerprint density at radius 1 is 1.53 bits per heavy atom. The molecule has 1 aromatic rings. The van der Waals surface area contributed by atoms with Gasteiger partial charge < -0.3 is 21.5 Å². The number of hydrogen-bond acceptors (Lipinski definition) is 6. The van der Waals surface area contributed by atoms with Crippen LogP contribution in [-0.2, 0) is 4.74 Å². The number of hydrogen-bond donors (Lipinski definition) is 3. The average molecular weight is 283 g/mol. The van der Waals surface area contributed by atoms with Gasteiger partial charge in [0.25, 0.3) is 5.91 Å². The van der Waals surface area contributed by atoms with Crippen molar-refractivity contribution in [2.24, 2.45) is 11.7 Å². The fourth-order valence-electron chi connectivity index (χ4n) is 2.06. The van der Waals surface area contributed by atoms with Gasteiger partial charge in [-0.2, -0.15) is 0 Å². The number of nitrogens with two attached hydrogens (primary N) is 2. The summed E-state index contributed by atoms with van der Waals surface area (Å²) in [5.74, 6) is -0.376. The van der Waals surface area contributed by atoms with Crippen LogP contribution in [0.2, 0.25) is 0 Å². The lowest BCUT2D eigenvalue weighted by atomic mass is 10.1. The first kappa shape index (κ1) is 13.8. The normalized spacial score (nSPS) is 18.5. The second-order valence-electron chi connectivity index (χ2n) is 4.58. The van der Waals surface area contributed by atoms with E-state index in [2.05, 4.69) is 5.32 Å². The fourth-order valence-corrected chi connectivity index (χ4v) is 3.08. The monoisotopic (exact) mass is 283 g/mol. The van der Waals surface area contributed by atoms with Crippen molar-refractivity contribution in [1.29, 1.82) is 0 Å². The van der Waals surface area contributed by atoms with E-state index in [1.165, 1.54) is 18.3 Å². The van der Waals surface area contributed by atoms with Gasteiger partial charge in [-0.15, -0.1) is 11.3 Å². The van der Waals surface area contributed by atoms with Crippen LogP contribution in [0.25, 0.3) is 0 Å². The summed E-state index contributed by atoms with van der Waals surface area (Å²) in [5, 5.41) is 3.73. The highest BCUT2D eigenvalue weighted by Crippen LogP contribution is 2.36. The van der Waals surface area contributed by atoms with Gasteiger partial charge in [0.05, 0.1) is 22.7 Å². The van der Waals surface area contributed by atoms with Crippen molar-refractivity contribution in [3.05, 3.63) is 10.4 Å². The quantitative estimate of drug-likeness (QED) is 0.701. The van der Waals surface area contributed by atoms with Crippen molar-refractivity contribution < 1.29 is 14.3 Å². The number of ether oxygens (including phenoxy) is 1. The van der Waals surface area contributed by atoms with E-state index < -0.39 is 5.91 Å². The zero-order valence-corrected chi connectivity index (χ0v) is 11.5. The van der Waals surface area contributed by atoms with Crippen LogP contribution in [0.15, 0.2) is 0 Å². The van der Waals surface area contributed by atoms with Gasteiger partial charge >= 0.3 is 0 Å². The van der Waals surface area contributed by atoms with Gasteiger partial charge in [-0.25, -0.2) is 0 Å². The molecule has 1 aromatic heterocycles. The Bertz CT molecular complexity index is 507. The topological polar surface area (TPSA) is 107 Å². The van der Waals surface area contributed by atoms with Crippen molar-refractivity contribution in [2.45, 2.75) is 13.3 Å². The van der Waals surface area contributed by atoms with Gasteiger partial charge in [0.15, 0.2) is 5.78 Å². The number of ketones is 1. The minimum absolute atomic E-state index is 0.165. The molecule has 1 fully saturated rings. The summed E-state index contributed by atoms with van der Waals surface area (Å²) in [5.41, 5.74) is 11.5. The van der Waals surface area contributed by atoms with Crippen LogP contribution < -0.4 is 16.8 Å². The highest BCUT2D eigenvalue weighted by atomic mass is 32.1. The molecule has 1 amide bonds. The standard InChI is InChI=1S/C12H17N3O3S/c1-6(16)10-9(13)8(11(14)17)12(19-10)15-4-7-2-3-18-5-7/h7,15H,2-5,13H2,1H3,(H2,14,17). The van der Waals surface area contributed by atoms with E-state index in [1.807, 2.05) is 0 Å². The van der Waals surface area contributed by atoms with Crippen LogP contribution in [0.5, 0.6) is 0 Å². The molecule has 0 saturated carbocycles. The zero-order chi connectivity index (χ0) is 14.0. The molecule has 0 aromatic carbocycles. The maximum atomic E-state index is 11.4. The molecule has 1 aliphatic heterocycles. The first-order chi connectivity index (χ1) is 9.00. The first-order valence-corrected chi connectivity index (χ1v) is 6.87. The Morgan fingerprint density at radius 3 is 2.79 bits per heavy atom. The second kappa shape index (κ2) is 5.58. The lowest BCUT2D eigenvalue weighted by molar-refractivity contribution is 0.100. The molecular weight excluding hydrogens is 266 g/mol. The van der Waals surface area contributed by atoms with Gasteiger partial charge in [0.2, 0.25) is 0 Å². The lowest BCUT2D eigenvalue weighted by Crippen LogP contribution is -2.18. The Hall–Kier alpha value is -1.60. The van der Waals surface area contributed by atoms with E-state index in [0.717, 1.165) is 13.0 Å². The van der Waals surface area contributed by atoms with E-state index in [1.54, 1.807) is 0 Å². The number of carbonyl (C=O) groups is 2. The molecule has 0 bridgehead atoms. The Morgan fingerprint density at radius 2 is 2.26 bits per heavy atom. The van der Waals surface area contributed by atoms with Gasteiger partial charge in [-0.05, 0) is 6.42 Å². The molecule has 1 aliphatic rings. The van der Waals surface area contributed by atoms with E-state index in [4.69, 9.17) is 16.2 Å². The van der Waals surface area contributed by atoms with E-state index in [-0.39, 0.29) is 17.0 Å². The summed E-state index contributed by atoms with van der Waals surface area (Å²) in [6.07, 6.45) is 0.985. The summed E-state index contributed by atoms with van der Waals surface area (Å²) in [6, 6.07) is 0. The highest BCUT2D eigenvalue weighted by Gasteiger charge is 2.23. The molecule has 7 heteroatoms. The molecular formula is C12H17N3O3S. The third kappa shape index (κ3) is 2.87. The molecule has 2 rings (SSSR count). The fraction of sp³-hybridized carbons (Fsp3) is 0.500. The van der Waals surface area contributed by atoms with Crippen LogP contribution in [0.3, 0.4) is 0 Å². The largest absolute Gasteiger partial charge is 0.397 e. The summed E-state index contributed by atoms with van der Waals surface area (Å²) in [4.78, 5) is 23.3. The Kier molecular flexibility index (Phi) is 4.06. The molecule has 0 spiro atoms. The molecule has 1 unspecified atom stereocenters. The maximum Gasteiger partial charge on any atom is 0.253 e. The Balaban J connectivity index is 2.20. The second-order valence-corrected chi connectivity index (χ2v) is 5.60. The first-order valence-electron chi connectivity index (χ1n) is 6.05. The minimum atomic E-state index is -0.619. The number of anilines is 2. The van der Waals surface area contributed by atoms with Crippen molar-refractivity contribution in [3.8, 4) is 0 Å². The van der Waals surface area contributed by atoms with E-state index in [0.29, 0.717) is 28.9 Å². The number of carbonyl (C=O) groups excluding carboxylic acids is 2. The van der Waals surface area contributed by atoms with Crippen LogP contribution in [-0.4, -0.2) is 31.4 Å². The van der Waals surface area contributed by atoms with Crippen molar-refractivity contribution in [2.75, 3.05) is 30.8 Å². The predicted molar refractivity (Wildman–Crippen MR) is 74.7 cm³/mol. The van der Waals surface area contributed by atoms with Crippen molar-refractivity contribution in [3.63, 3.8) is 0 Å². The van der Waals surface area contributed by atoms with Gasteiger partial charge in [0.1, 0.15) is 5.00 Å². The number of Topliss-reactive ketones (excluding diaryl/α,β-unsaturated/α-hetero) is 1. The maximum absolute atomic E-state index is 11.4. The number of rotatable bonds is 5. The molecule has 1 saturated heterocycles. The minimum Gasteiger partial charge on any atom is -0.397 e.